The summed E-state index contributed by atoms with van der Waals surface area (Å²) in [6.07, 6.45) is 2.46. The molecule has 110 valence electrons. The molecular weight excluding hydrogens is 252 g/mol. The van der Waals surface area contributed by atoms with Crippen LogP contribution in [0.25, 0.3) is 0 Å². The van der Waals surface area contributed by atoms with Gasteiger partial charge in [-0.2, -0.15) is 0 Å². The summed E-state index contributed by atoms with van der Waals surface area (Å²) in [5.74, 6) is 0.0898. The van der Waals surface area contributed by atoms with Crippen molar-refractivity contribution in [1.82, 2.24) is 10.6 Å². The van der Waals surface area contributed by atoms with Gasteiger partial charge in [0.2, 0.25) is 5.91 Å². The van der Waals surface area contributed by atoms with Crippen molar-refractivity contribution >= 4 is 5.91 Å². The van der Waals surface area contributed by atoms with E-state index in [0.29, 0.717) is 13.0 Å². The summed E-state index contributed by atoms with van der Waals surface area (Å²) >= 11 is 0. The van der Waals surface area contributed by atoms with Crippen molar-refractivity contribution in [3.8, 4) is 0 Å². The van der Waals surface area contributed by atoms with Gasteiger partial charge in [0.05, 0.1) is 6.04 Å². The van der Waals surface area contributed by atoms with Gasteiger partial charge in [0, 0.05) is 19.6 Å². The summed E-state index contributed by atoms with van der Waals surface area (Å²) in [6, 6.07) is 8.45. The topological polar surface area (TPSA) is 50.4 Å². The molecule has 0 aromatic heterocycles. The lowest BCUT2D eigenvalue weighted by Gasteiger charge is -2.32. The number of hydrogen-bond donors (Lipinski definition) is 2. The van der Waals surface area contributed by atoms with Crippen LogP contribution in [0.4, 0.5) is 0 Å². The highest BCUT2D eigenvalue weighted by Crippen LogP contribution is 2.28. The third kappa shape index (κ3) is 4.05. The molecule has 0 saturated carbocycles. The molecule has 0 bridgehead atoms. The van der Waals surface area contributed by atoms with E-state index in [0.717, 1.165) is 25.0 Å². The fourth-order valence-corrected chi connectivity index (χ4v) is 2.53. The third-order valence-electron chi connectivity index (χ3n) is 3.68. The first kappa shape index (κ1) is 15.0. The Morgan fingerprint density at radius 2 is 2.10 bits per heavy atom. The van der Waals surface area contributed by atoms with E-state index < -0.39 is 0 Å². The molecule has 1 heterocycles. The van der Waals surface area contributed by atoms with Crippen molar-refractivity contribution in [2.75, 3.05) is 20.2 Å². The van der Waals surface area contributed by atoms with Gasteiger partial charge in [-0.25, -0.2) is 0 Å². The van der Waals surface area contributed by atoms with Crippen molar-refractivity contribution in [1.29, 1.82) is 0 Å². The Bertz CT molecular complexity index is 431. The van der Waals surface area contributed by atoms with Crippen molar-refractivity contribution in [2.24, 2.45) is 0 Å². The van der Waals surface area contributed by atoms with Gasteiger partial charge < -0.3 is 15.4 Å². The fraction of sp³-hybridized carbons (Fsp3) is 0.562. The average Bonchev–Trinajstić information content (AvgIpc) is 2.47. The van der Waals surface area contributed by atoms with E-state index in [-0.39, 0.29) is 18.1 Å². The molecular formula is C16H24N2O2. The highest BCUT2D eigenvalue weighted by molar-refractivity contribution is 5.76. The third-order valence-corrected chi connectivity index (χ3v) is 3.68. The molecule has 2 atom stereocenters. The van der Waals surface area contributed by atoms with Crippen LogP contribution < -0.4 is 10.6 Å². The number of rotatable bonds is 5. The van der Waals surface area contributed by atoms with E-state index in [2.05, 4.69) is 41.8 Å². The van der Waals surface area contributed by atoms with Gasteiger partial charge in [-0.15, -0.1) is 0 Å². The molecule has 2 rings (SSSR count). The van der Waals surface area contributed by atoms with Crippen molar-refractivity contribution in [2.45, 2.75) is 38.3 Å². The molecule has 1 saturated heterocycles. The minimum atomic E-state index is -0.0251. The van der Waals surface area contributed by atoms with Crippen LogP contribution in [0.3, 0.4) is 0 Å². The van der Waals surface area contributed by atoms with Crippen molar-refractivity contribution < 1.29 is 9.53 Å². The molecule has 1 aromatic rings. The highest BCUT2D eigenvalue weighted by Gasteiger charge is 2.28. The van der Waals surface area contributed by atoms with E-state index >= 15 is 0 Å². The van der Waals surface area contributed by atoms with Gasteiger partial charge in [-0.1, -0.05) is 29.8 Å². The lowest BCUT2D eigenvalue weighted by atomic mass is 9.95. The van der Waals surface area contributed by atoms with Crippen LogP contribution >= 0.6 is 0 Å². The molecule has 1 aromatic carbocycles. The molecule has 0 spiro atoms. The van der Waals surface area contributed by atoms with E-state index in [1.807, 2.05) is 7.05 Å². The Balaban J connectivity index is 2.01. The Hall–Kier alpha value is -1.39. The number of ether oxygens (including phenoxy) is 1. The van der Waals surface area contributed by atoms with E-state index in [1.165, 1.54) is 5.56 Å². The first-order valence-electron chi connectivity index (χ1n) is 7.33. The normalized spacial score (nSPS) is 22.5. The smallest absolute Gasteiger partial charge is 0.221 e. The minimum Gasteiger partial charge on any atom is -0.371 e. The van der Waals surface area contributed by atoms with Crippen LogP contribution in [0, 0.1) is 6.92 Å². The summed E-state index contributed by atoms with van der Waals surface area (Å²) in [6.45, 7) is 3.54. The zero-order valence-electron chi connectivity index (χ0n) is 12.3. The Morgan fingerprint density at radius 3 is 2.80 bits per heavy atom. The number of aryl methyl sites for hydroxylation is 1. The van der Waals surface area contributed by atoms with Crippen LogP contribution in [-0.2, 0) is 9.53 Å². The molecule has 1 amide bonds. The predicted octanol–water partition coefficient (Wildman–Crippen LogP) is 1.94. The molecule has 1 fully saturated rings. The zero-order valence-corrected chi connectivity index (χ0v) is 12.3. The Morgan fingerprint density at radius 1 is 1.35 bits per heavy atom. The number of benzene rings is 1. The summed E-state index contributed by atoms with van der Waals surface area (Å²) < 4.78 is 5.89. The summed E-state index contributed by atoms with van der Waals surface area (Å²) in [5.41, 5.74) is 2.38. The van der Waals surface area contributed by atoms with Crippen LogP contribution in [-0.4, -0.2) is 32.1 Å². The van der Waals surface area contributed by atoms with Gasteiger partial charge in [0.15, 0.2) is 0 Å². The Kier molecular flexibility index (Phi) is 5.56. The van der Waals surface area contributed by atoms with E-state index in [9.17, 15) is 4.79 Å². The molecule has 1 aliphatic heterocycles. The maximum absolute atomic E-state index is 11.9. The zero-order chi connectivity index (χ0) is 14.4. The van der Waals surface area contributed by atoms with Crippen LogP contribution in [0.1, 0.15) is 36.5 Å². The summed E-state index contributed by atoms with van der Waals surface area (Å²) in [4.78, 5) is 11.9. The molecule has 2 N–H and O–H groups in total. The average molecular weight is 276 g/mol. The lowest BCUT2D eigenvalue weighted by molar-refractivity contribution is -0.124. The maximum atomic E-state index is 11.9. The molecule has 0 aliphatic carbocycles. The Labute approximate surface area is 120 Å². The standard InChI is InChI=1S/C16H24N2O2/c1-12-5-7-13(8-6-12)16-14(4-3-11-20-16)18-15(19)9-10-17-2/h5-8,14,16-17H,3-4,9-11H2,1-2H3,(H,18,19). The lowest BCUT2D eigenvalue weighted by Crippen LogP contribution is -2.43. The first-order valence-corrected chi connectivity index (χ1v) is 7.33. The van der Waals surface area contributed by atoms with Crippen LogP contribution in [0.5, 0.6) is 0 Å². The van der Waals surface area contributed by atoms with Gasteiger partial charge >= 0.3 is 0 Å². The van der Waals surface area contributed by atoms with Gasteiger partial charge in [0.25, 0.3) is 0 Å². The summed E-state index contributed by atoms with van der Waals surface area (Å²) in [5, 5.41) is 6.11. The van der Waals surface area contributed by atoms with Gasteiger partial charge in [-0.3, -0.25) is 4.79 Å². The second-order valence-electron chi connectivity index (χ2n) is 5.37. The maximum Gasteiger partial charge on any atom is 0.221 e. The first-order chi connectivity index (χ1) is 9.70. The molecule has 4 heteroatoms. The van der Waals surface area contributed by atoms with Crippen molar-refractivity contribution in [3.05, 3.63) is 35.4 Å². The molecule has 2 unspecified atom stereocenters. The molecule has 4 nitrogen and oxygen atoms in total. The van der Waals surface area contributed by atoms with Crippen LogP contribution in [0.15, 0.2) is 24.3 Å². The van der Waals surface area contributed by atoms with Crippen LogP contribution in [0.2, 0.25) is 0 Å². The second kappa shape index (κ2) is 7.41. The monoisotopic (exact) mass is 276 g/mol. The van der Waals surface area contributed by atoms with Gasteiger partial charge in [-0.05, 0) is 32.4 Å². The fourth-order valence-electron chi connectivity index (χ4n) is 2.53. The van der Waals surface area contributed by atoms with Gasteiger partial charge in [0.1, 0.15) is 6.10 Å². The van der Waals surface area contributed by atoms with E-state index in [1.54, 1.807) is 0 Å². The number of carbonyl (C=O) groups is 1. The molecule has 1 aliphatic rings. The number of amides is 1. The number of carbonyl (C=O) groups excluding carboxylic acids is 1. The predicted molar refractivity (Wildman–Crippen MR) is 79.6 cm³/mol. The minimum absolute atomic E-state index is 0.0251. The second-order valence-corrected chi connectivity index (χ2v) is 5.37. The van der Waals surface area contributed by atoms with Crippen molar-refractivity contribution in [3.63, 3.8) is 0 Å². The number of hydrogen-bond acceptors (Lipinski definition) is 3. The SMILES string of the molecule is CNCCC(=O)NC1CCCOC1c1ccc(C)cc1. The quantitative estimate of drug-likeness (QED) is 0.864. The highest BCUT2D eigenvalue weighted by atomic mass is 16.5. The summed E-state index contributed by atoms with van der Waals surface area (Å²) in [7, 11) is 1.85. The van der Waals surface area contributed by atoms with E-state index in [4.69, 9.17) is 4.74 Å². The largest absolute Gasteiger partial charge is 0.371 e. The molecule has 20 heavy (non-hydrogen) atoms. The molecule has 0 radical (unpaired) electrons. The number of nitrogens with one attached hydrogen (secondary N) is 2.